The van der Waals surface area contributed by atoms with E-state index in [0.29, 0.717) is 0 Å². The molecule has 0 radical (unpaired) electrons. The molecule has 0 aliphatic heterocycles. The van der Waals surface area contributed by atoms with Gasteiger partial charge in [0.1, 0.15) is 0 Å². The number of thiophene rings is 1. The van der Waals surface area contributed by atoms with Crippen molar-refractivity contribution in [3.63, 3.8) is 0 Å². The van der Waals surface area contributed by atoms with Crippen molar-refractivity contribution >= 4 is 17.1 Å². The number of benzene rings is 3. The average molecular weight is 352 g/mol. The molecule has 0 atom stereocenters. The van der Waals surface area contributed by atoms with Crippen molar-refractivity contribution in [2.75, 3.05) is 0 Å². The normalized spacial score (nSPS) is 12.1. The molecule has 0 bridgehead atoms. The number of aryl methyl sites for hydroxylation is 1. The molecule has 1 nitrogen and oxygen atoms in total. The highest BCUT2D eigenvalue weighted by Gasteiger charge is 2.34. The molecule has 0 unspecified atom stereocenters. The van der Waals surface area contributed by atoms with E-state index in [2.05, 4.69) is 61.5 Å². The molecule has 2 heteroatoms. The van der Waals surface area contributed by atoms with Crippen LogP contribution >= 0.6 is 11.3 Å². The lowest BCUT2D eigenvalue weighted by molar-refractivity contribution is 0.104. The van der Waals surface area contributed by atoms with Crippen LogP contribution in [0.1, 0.15) is 21.5 Å². The Morgan fingerprint density at radius 1 is 0.615 bits per heavy atom. The first kappa shape index (κ1) is 15.3. The van der Waals surface area contributed by atoms with Crippen LogP contribution in [0.15, 0.2) is 78.9 Å². The first-order valence-electron chi connectivity index (χ1n) is 8.67. The summed E-state index contributed by atoms with van der Waals surface area (Å²) in [5.74, 6) is 0.143. The molecule has 0 saturated carbocycles. The summed E-state index contributed by atoms with van der Waals surface area (Å²) in [5.41, 5.74) is 7.32. The Kier molecular flexibility index (Phi) is 3.41. The minimum atomic E-state index is 0.143. The van der Waals surface area contributed by atoms with Gasteiger partial charge in [-0.05, 0) is 23.6 Å². The second-order valence-corrected chi connectivity index (χ2v) is 7.64. The summed E-state index contributed by atoms with van der Waals surface area (Å²) >= 11 is 1.72. The first-order valence-corrected chi connectivity index (χ1v) is 9.49. The third kappa shape index (κ3) is 2.19. The Morgan fingerprint density at radius 2 is 1.19 bits per heavy atom. The molecule has 0 saturated heterocycles. The molecule has 0 spiro atoms. The highest BCUT2D eigenvalue weighted by atomic mass is 32.1. The van der Waals surface area contributed by atoms with Crippen LogP contribution in [0, 0.1) is 6.92 Å². The van der Waals surface area contributed by atoms with Crippen LogP contribution in [0.2, 0.25) is 0 Å². The number of ketones is 1. The molecule has 3 aromatic carbocycles. The molecule has 26 heavy (non-hydrogen) atoms. The van der Waals surface area contributed by atoms with Crippen molar-refractivity contribution in [3.05, 3.63) is 95.6 Å². The minimum Gasteiger partial charge on any atom is -0.289 e. The van der Waals surface area contributed by atoms with Gasteiger partial charge in [0.25, 0.3) is 0 Å². The number of rotatable bonds is 2. The van der Waals surface area contributed by atoms with E-state index in [0.717, 1.165) is 38.3 Å². The average Bonchev–Trinajstić information content (AvgIpc) is 3.21. The molecule has 1 aliphatic carbocycles. The van der Waals surface area contributed by atoms with Crippen LogP contribution in [0.25, 0.3) is 32.0 Å². The molecule has 0 amide bonds. The van der Waals surface area contributed by atoms with E-state index in [1.165, 1.54) is 10.4 Å². The van der Waals surface area contributed by atoms with Gasteiger partial charge in [0.15, 0.2) is 5.78 Å². The van der Waals surface area contributed by atoms with E-state index in [1.807, 2.05) is 24.3 Å². The zero-order valence-electron chi connectivity index (χ0n) is 14.3. The van der Waals surface area contributed by atoms with E-state index in [1.54, 1.807) is 11.3 Å². The standard InChI is InChI=1S/C24H16OS/c1-15-11-13-17(14-12-15)24-21-20(18-9-5-6-10-19(18)22(21)25)23(26-24)16-7-3-2-4-8-16/h2-14H,1H3. The molecule has 124 valence electrons. The summed E-state index contributed by atoms with van der Waals surface area (Å²) in [7, 11) is 0. The summed E-state index contributed by atoms with van der Waals surface area (Å²) < 4.78 is 0. The van der Waals surface area contributed by atoms with Crippen LogP contribution in [-0.4, -0.2) is 5.78 Å². The van der Waals surface area contributed by atoms with Crippen LogP contribution in [0.5, 0.6) is 0 Å². The lowest BCUT2D eigenvalue weighted by atomic mass is 10.0. The smallest absolute Gasteiger partial charge is 0.195 e. The number of fused-ring (bicyclic) bond motifs is 3. The van der Waals surface area contributed by atoms with Gasteiger partial charge in [-0.2, -0.15) is 0 Å². The van der Waals surface area contributed by atoms with Crippen molar-refractivity contribution in [2.24, 2.45) is 0 Å². The maximum Gasteiger partial charge on any atom is 0.195 e. The summed E-state index contributed by atoms with van der Waals surface area (Å²) in [6.45, 7) is 2.08. The summed E-state index contributed by atoms with van der Waals surface area (Å²) in [4.78, 5) is 15.4. The predicted octanol–water partition coefficient (Wildman–Crippen LogP) is 6.60. The van der Waals surface area contributed by atoms with E-state index in [-0.39, 0.29) is 5.78 Å². The van der Waals surface area contributed by atoms with E-state index < -0.39 is 0 Å². The molecule has 1 heterocycles. The lowest BCUT2D eigenvalue weighted by Crippen LogP contribution is -1.95. The van der Waals surface area contributed by atoms with Gasteiger partial charge in [0.2, 0.25) is 0 Å². The largest absolute Gasteiger partial charge is 0.289 e. The molecule has 5 rings (SSSR count). The van der Waals surface area contributed by atoms with Crippen molar-refractivity contribution in [1.82, 2.24) is 0 Å². The van der Waals surface area contributed by atoms with Gasteiger partial charge in [-0.1, -0.05) is 84.4 Å². The fourth-order valence-corrected chi connectivity index (χ4v) is 4.96. The highest BCUT2D eigenvalue weighted by Crippen LogP contribution is 2.52. The van der Waals surface area contributed by atoms with E-state index in [4.69, 9.17) is 0 Å². The van der Waals surface area contributed by atoms with Crippen molar-refractivity contribution < 1.29 is 4.79 Å². The van der Waals surface area contributed by atoms with Crippen LogP contribution < -0.4 is 0 Å². The SMILES string of the molecule is Cc1ccc(-c2sc(-c3ccccc3)c3c2C(=O)c2ccccc2-3)cc1. The monoisotopic (exact) mass is 352 g/mol. The van der Waals surface area contributed by atoms with Crippen molar-refractivity contribution in [1.29, 1.82) is 0 Å². The lowest BCUT2D eigenvalue weighted by Gasteiger charge is -2.04. The Labute approximate surface area is 156 Å². The molecular weight excluding hydrogens is 336 g/mol. The Balaban J connectivity index is 1.84. The molecular formula is C24H16OS. The summed E-state index contributed by atoms with van der Waals surface area (Å²) in [5, 5.41) is 0. The number of carbonyl (C=O) groups is 1. The highest BCUT2D eigenvalue weighted by molar-refractivity contribution is 7.20. The molecule has 1 aromatic heterocycles. The van der Waals surface area contributed by atoms with Crippen LogP contribution in [-0.2, 0) is 0 Å². The van der Waals surface area contributed by atoms with Gasteiger partial charge < -0.3 is 0 Å². The predicted molar refractivity (Wildman–Crippen MR) is 109 cm³/mol. The second kappa shape index (κ2) is 5.79. The molecule has 0 N–H and O–H groups in total. The fourth-order valence-electron chi connectivity index (χ4n) is 3.64. The van der Waals surface area contributed by atoms with E-state index >= 15 is 0 Å². The van der Waals surface area contributed by atoms with Crippen molar-refractivity contribution in [3.8, 4) is 32.0 Å². The minimum absolute atomic E-state index is 0.143. The fraction of sp³-hybridized carbons (Fsp3) is 0.0417. The third-order valence-electron chi connectivity index (χ3n) is 4.93. The zero-order valence-corrected chi connectivity index (χ0v) is 15.1. The number of hydrogen-bond acceptors (Lipinski definition) is 2. The first-order chi connectivity index (χ1) is 12.7. The Hall–Kier alpha value is -2.97. The Bertz CT molecular complexity index is 1130. The molecule has 1 aliphatic rings. The van der Waals surface area contributed by atoms with Crippen LogP contribution in [0.3, 0.4) is 0 Å². The molecule has 0 fully saturated rings. The van der Waals surface area contributed by atoms with Gasteiger partial charge in [-0.15, -0.1) is 11.3 Å². The summed E-state index contributed by atoms with van der Waals surface area (Å²) in [6, 6.07) is 26.8. The van der Waals surface area contributed by atoms with Gasteiger partial charge in [0.05, 0.1) is 0 Å². The maximum absolute atomic E-state index is 13.2. The van der Waals surface area contributed by atoms with Gasteiger partial charge >= 0.3 is 0 Å². The number of hydrogen-bond donors (Lipinski definition) is 0. The Morgan fingerprint density at radius 3 is 1.92 bits per heavy atom. The quantitative estimate of drug-likeness (QED) is 0.350. The number of carbonyl (C=O) groups excluding carboxylic acids is 1. The summed E-state index contributed by atoms with van der Waals surface area (Å²) in [6.07, 6.45) is 0. The molecule has 4 aromatic rings. The second-order valence-electron chi connectivity index (χ2n) is 6.62. The van der Waals surface area contributed by atoms with Gasteiger partial charge in [-0.25, -0.2) is 0 Å². The zero-order chi connectivity index (χ0) is 17.7. The maximum atomic E-state index is 13.2. The van der Waals surface area contributed by atoms with Gasteiger partial charge in [0, 0.05) is 26.4 Å². The van der Waals surface area contributed by atoms with Crippen LogP contribution in [0.4, 0.5) is 0 Å². The van der Waals surface area contributed by atoms with E-state index in [9.17, 15) is 4.79 Å². The third-order valence-corrected chi connectivity index (χ3v) is 6.21. The van der Waals surface area contributed by atoms with Gasteiger partial charge in [-0.3, -0.25) is 4.79 Å². The van der Waals surface area contributed by atoms with Crippen molar-refractivity contribution in [2.45, 2.75) is 6.92 Å². The topological polar surface area (TPSA) is 17.1 Å².